The van der Waals surface area contributed by atoms with Crippen LogP contribution in [0.2, 0.25) is 0 Å². The van der Waals surface area contributed by atoms with E-state index in [9.17, 15) is 13.2 Å². The molecule has 0 spiro atoms. The number of para-hydroxylation sites is 1. The second-order valence-electron chi connectivity index (χ2n) is 4.28. The fourth-order valence-corrected chi connectivity index (χ4v) is 3.94. The minimum Gasteiger partial charge on any atom is -0.397 e. The third-order valence-electron chi connectivity index (χ3n) is 2.69. The standard InChI is InChI=1S/C13H14N2O3S2/c1-9-4-2-5-10(14)13(9)15-11(16)8-20(17,18)12-6-3-7-19-12/h2-7H,8,14H2,1H3,(H,15,16). The highest BCUT2D eigenvalue weighted by Gasteiger charge is 2.21. The number of carbonyl (C=O) groups excluding carboxylic acids is 1. The van der Waals surface area contributed by atoms with Gasteiger partial charge in [-0.3, -0.25) is 4.79 Å². The number of aryl methyl sites for hydroxylation is 1. The number of anilines is 2. The lowest BCUT2D eigenvalue weighted by Gasteiger charge is -2.10. The first-order valence-electron chi connectivity index (χ1n) is 5.81. The second-order valence-corrected chi connectivity index (χ2v) is 7.44. The van der Waals surface area contributed by atoms with Gasteiger partial charge in [0.1, 0.15) is 9.96 Å². The zero-order valence-electron chi connectivity index (χ0n) is 10.8. The van der Waals surface area contributed by atoms with Crippen LogP contribution in [0, 0.1) is 6.92 Å². The van der Waals surface area contributed by atoms with E-state index in [4.69, 9.17) is 5.73 Å². The molecular weight excluding hydrogens is 296 g/mol. The van der Waals surface area contributed by atoms with Crippen molar-refractivity contribution >= 4 is 38.5 Å². The number of nitrogens with one attached hydrogen (secondary N) is 1. The van der Waals surface area contributed by atoms with E-state index in [1.807, 2.05) is 0 Å². The molecule has 5 nitrogen and oxygen atoms in total. The topological polar surface area (TPSA) is 89.3 Å². The number of hydrogen-bond donors (Lipinski definition) is 2. The molecule has 0 aliphatic carbocycles. The summed E-state index contributed by atoms with van der Waals surface area (Å²) in [5, 5.41) is 4.21. The van der Waals surface area contributed by atoms with Crippen molar-refractivity contribution in [3.8, 4) is 0 Å². The van der Waals surface area contributed by atoms with Gasteiger partial charge in [0.05, 0.1) is 11.4 Å². The molecule has 0 aliphatic heterocycles. The second kappa shape index (κ2) is 5.64. The highest BCUT2D eigenvalue weighted by molar-refractivity contribution is 7.94. The monoisotopic (exact) mass is 310 g/mol. The van der Waals surface area contributed by atoms with Crippen LogP contribution in [-0.2, 0) is 14.6 Å². The van der Waals surface area contributed by atoms with Crippen LogP contribution in [0.5, 0.6) is 0 Å². The van der Waals surface area contributed by atoms with Crippen molar-refractivity contribution in [2.75, 3.05) is 16.8 Å². The van der Waals surface area contributed by atoms with Crippen LogP contribution in [0.15, 0.2) is 39.9 Å². The third-order valence-corrected chi connectivity index (χ3v) is 5.80. The van der Waals surface area contributed by atoms with Gasteiger partial charge < -0.3 is 11.1 Å². The van der Waals surface area contributed by atoms with E-state index in [1.54, 1.807) is 36.6 Å². The van der Waals surface area contributed by atoms with Crippen LogP contribution in [-0.4, -0.2) is 20.1 Å². The van der Waals surface area contributed by atoms with Crippen molar-refractivity contribution in [2.24, 2.45) is 0 Å². The Hall–Kier alpha value is -1.86. The van der Waals surface area contributed by atoms with Crippen molar-refractivity contribution in [1.29, 1.82) is 0 Å². The average Bonchev–Trinajstić information content (AvgIpc) is 2.88. The molecule has 0 saturated carbocycles. The zero-order chi connectivity index (χ0) is 14.8. The summed E-state index contributed by atoms with van der Waals surface area (Å²) < 4.78 is 24.1. The van der Waals surface area contributed by atoms with E-state index in [2.05, 4.69) is 5.32 Å². The van der Waals surface area contributed by atoms with Gasteiger partial charge >= 0.3 is 0 Å². The summed E-state index contributed by atoms with van der Waals surface area (Å²) in [5.74, 6) is -1.19. The molecule has 0 radical (unpaired) electrons. The van der Waals surface area contributed by atoms with E-state index < -0.39 is 21.5 Å². The number of hydrogen-bond acceptors (Lipinski definition) is 5. The molecule has 2 rings (SSSR count). The SMILES string of the molecule is Cc1cccc(N)c1NC(=O)CS(=O)(=O)c1cccs1. The van der Waals surface area contributed by atoms with Crippen LogP contribution in [0.4, 0.5) is 11.4 Å². The zero-order valence-corrected chi connectivity index (χ0v) is 12.4. The lowest BCUT2D eigenvalue weighted by Crippen LogP contribution is -2.23. The molecule has 0 bridgehead atoms. The average molecular weight is 310 g/mol. The van der Waals surface area contributed by atoms with Crippen LogP contribution in [0.25, 0.3) is 0 Å². The number of nitrogen functional groups attached to an aromatic ring is 1. The molecule has 20 heavy (non-hydrogen) atoms. The molecule has 1 aromatic heterocycles. The lowest BCUT2D eigenvalue weighted by atomic mass is 10.1. The van der Waals surface area contributed by atoms with Crippen molar-refractivity contribution in [3.05, 3.63) is 41.3 Å². The Bertz CT molecular complexity index is 702. The van der Waals surface area contributed by atoms with Gasteiger partial charge in [-0.1, -0.05) is 18.2 Å². The molecule has 3 N–H and O–H groups in total. The normalized spacial score (nSPS) is 11.2. The van der Waals surface area contributed by atoms with Crippen LogP contribution in [0.3, 0.4) is 0 Å². The fraction of sp³-hybridized carbons (Fsp3) is 0.154. The van der Waals surface area contributed by atoms with E-state index in [-0.39, 0.29) is 4.21 Å². The number of nitrogens with two attached hydrogens (primary N) is 1. The summed E-state index contributed by atoms with van der Waals surface area (Å²) in [6, 6.07) is 8.32. The Morgan fingerprint density at radius 3 is 2.65 bits per heavy atom. The molecule has 0 fully saturated rings. The summed E-state index contributed by atoms with van der Waals surface area (Å²) >= 11 is 1.09. The Morgan fingerprint density at radius 2 is 2.05 bits per heavy atom. The van der Waals surface area contributed by atoms with Crippen molar-refractivity contribution in [3.63, 3.8) is 0 Å². The van der Waals surface area contributed by atoms with Gasteiger partial charge in [0.25, 0.3) is 0 Å². The minimum atomic E-state index is -3.60. The Morgan fingerprint density at radius 1 is 1.30 bits per heavy atom. The summed E-state index contributed by atoms with van der Waals surface area (Å²) in [6.07, 6.45) is 0. The number of sulfone groups is 1. The largest absolute Gasteiger partial charge is 0.397 e. The summed E-state index contributed by atoms with van der Waals surface area (Å²) in [5.41, 5.74) is 7.42. The first-order valence-corrected chi connectivity index (χ1v) is 8.34. The maximum absolute atomic E-state index is 12.0. The first-order chi connectivity index (χ1) is 9.40. The Kier molecular flexibility index (Phi) is 4.10. The highest BCUT2D eigenvalue weighted by atomic mass is 32.2. The first kappa shape index (κ1) is 14.5. The molecule has 1 heterocycles. The molecule has 0 saturated heterocycles. The summed E-state index contributed by atoms with van der Waals surface area (Å²) in [4.78, 5) is 11.9. The molecular formula is C13H14N2O3S2. The number of benzene rings is 1. The smallest absolute Gasteiger partial charge is 0.240 e. The van der Waals surface area contributed by atoms with Gasteiger partial charge in [0.15, 0.2) is 9.84 Å². The number of carbonyl (C=O) groups is 1. The van der Waals surface area contributed by atoms with E-state index in [0.29, 0.717) is 11.4 Å². The predicted molar refractivity (Wildman–Crippen MR) is 80.6 cm³/mol. The van der Waals surface area contributed by atoms with Crippen LogP contribution >= 0.6 is 11.3 Å². The van der Waals surface area contributed by atoms with Gasteiger partial charge in [0.2, 0.25) is 5.91 Å². The van der Waals surface area contributed by atoms with Crippen LogP contribution in [0.1, 0.15) is 5.56 Å². The Balaban J connectivity index is 2.14. The lowest BCUT2D eigenvalue weighted by molar-refractivity contribution is -0.113. The maximum atomic E-state index is 12.0. The molecule has 0 aliphatic rings. The van der Waals surface area contributed by atoms with Gasteiger partial charge in [-0.05, 0) is 30.0 Å². The molecule has 0 unspecified atom stereocenters. The van der Waals surface area contributed by atoms with Crippen LogP contribution < -0.4 is 11.1 Å². The minimum absolute atomic E-state index is 0.186. The molecule has 7 heteroatoms. The van der Waals surface area contributed by atoms with E-state index in [0.717, 1.165) is 16.9 Å². The van der Waals surface area contributed by atoms with Crippen molar-refractivity contribution in [1.82, 2.24) is 0 Å². The highest BCUT2D eigenvalue weighted by Crippen LogP contribution is 2.23. The van der Waals surface area contributed by atoms with Gasteiger partial charge in [-0.15, -0.1) is 11.3 Å². The van der Waals surface area contributed by atoms with E-state index >= 15 is 0 Å². The van der Waals surface area contributed by atoms with E-state index in [1.165, 1.54) is 6.07 Å². The molecule has 0 atom stereocenters. The molecule has 106 valence electrons. The maximum Gasteiger partial charge on any atom is 0.240 e. The van der Waals surface area contributed by atoms with Crippen molar-refractivity contribution in [2.45, 2.75) is 11.1 Å². The third kappa shape index (κ3) is 3.17. The van der Waals surface area contributed by atoms with Gasteiger partial charge in [0, 0.05) is 0 Å². The van der Waals surface area contributed by atoms with Gasteiger partial charge in [-0.25, -0.2) is 8.42 Å². The fourth-order valence-electron chi connectivity index (χ4n) is 1.72. The predicted octanol–water partition coefficient (Wildman–Crippen LogP) is 2.05. The number of rotatable bonds is 4. The molecule has 1 aromatic carbocycles. The number of amides is 1. The van der Waals surface area contributed by atoms with Gasteiger partial charge in [-0.2, -0.15) is 0 Å². The summed E-state index contributed by atoms with van der Waals surface area (Å²) in [7, 11) is -3.60. The quantitative estimate of drug-likeness (QED) is 0.846. The summed E-state index contributed by atoms with van der Waals surface area (Å²) in [6.45, 7) is 1.79. The van der Waals surface area contributed by atoms with Crippen molar-refractivity contribution < 1.29 is 13.2 Å². The Labute approximate surface area is 121 Å². The number of thiophene rings is 1. The molecule has 1 amide bonds. The molecule has 2 aromatic rings.